The molecule has 33 heavy (non-hydrogen) atoms. The van der Waals surface area contributed by atoms with Crippen molar-refractivity contribution in [3.8, 4) is 0 Å². The first-order valence-electron chi connectivity index (χ1n) is 13.8. The van der Waals surface area contributed by atoms with Crippen molar-refractivity contribution in [1.29, 1.82) is 0 Å². The summed E-state index contributed by atoms with van der Waals surface area (Å²) in [7, 11) is 0. The van der Waals surface area contributed by atoms with Gasteiger partial charge in [0, 0.05) is 13.4 Å². The number of hydrogen-bond donors (Lipinski definition) is 1. The van der Waals surface area contributed by atoms with E-state index in [1.165, 1.54) is 12.8 Å². The van der Waals surface area contributed by atoms with Crippen LogP contribution in [-0.2, 0) is 23.7 Å². The van der Waals surface area contributed by atoms with Crippen LogP contribution in [0.5, 0.6) is 0 Å². The van der Waals surface area contributed by atoms with Crippen molar-refractivity contribution in [3.63, 3.8) is 0 Å². The Balaban J connectivity index is 1.28. The van der Waals surface area contributed by atoms with Crippen LogP contribution >= 0.6 is 0 Å². The summed E-state index contributed by atoms with van der Waals surface area (Å²) in [6.07, 6.45) is 5.55. The first kappa shape index (κ1) is 21.3. The fourth-order valence-electron chi connectivity index (χ4n) is 9.21. The number of rotatable bonds is 7. The van der Waals surface area contributed by atoms with Gasteiger partial charge in [0.05, 0.1) is 12.7 Å². The zero-order valence-electron chi connectivity index (χ0n) is 21.4. The van der Waals surface area contributed by atoms with Crippen molar-refractivity contribution in [2.45, 2.75) is 91.0 Å². The first-order valence-corrected chi connectivity index (χ1v) is 13.0. The maximum absolute atomic E-state index is 13.3. The number of carboxylic acid groups (broad SMARTS) is 1. The van der Waals surface area contributed by atoms with Crippen LogP contribution in [0, 0.1) is 46.3 Å². The minimum atomic E-state index is -0.819. The van der Waals surface area contributed by atoms with E-state index in [-0.39, 0.29) is 49.1 Å². The topological polar surface area (TPSA) is 77.5 Å². The second kappa shape index (κ2) is 7.52. The molecule has 0 amide bonds. The highest BCUT2D eigenvalue weighted by atomic mass is 16.7. The lowest BCUT2D eigenvalue weighted by atomic mass is 9.48. The van der Waals surface area contributed by atoms with Gasteiger partial charge in [-0.1, -0.05) is 38.8 Å². The second-order valence-electron chi connectivity index (χ2n) is 12.0. The first-order chi connectivity index (χ1) is 16.3. The monoisotopic (exact) mass is 461 g/mol. The van der Waals surface area contributed by atoms with E-state index in [1.54, 1.807) is 0 Å². The molecule has 184 valence electrons. The Labute approximate surface area is 198 Å². The Kier molecular flexibility index (Phi) is 4.87. The Morgan fingerprint density at radius 3 is 2.79 bits per heavy atom. The van der Waals surface area contributed by atoms with Gasteiger partial charge in [-0.2, -0.15) is 0 Å². The van der Waals surface area contributed by atoms with E-state index >= 15 is 0 Å². The van der Waals surface area contributed by atoms with Crippen molar-refractivity contribution < 1.29 is 30.2 Å². The lowest BCUT2D eigenvalue weighted by Gasteiger charge is -2.54. The third-order valence-electron chi connectivity index (χ3n) is 10.5. The summed E-state index contributed by atoms with van der Waals surface area (Å²) in [5.41, 5.74) is -0.0792. The standard InChI is InChI=1S/C27H40O6/c1-6-30-21-15(5)32-24(23-22(21)33-23)31-12-26-11-18-14(4)7-8-17(18)20-10-16(26)9-19(13(2)3)27(20,26)25(28)29/h9,13-18,20-24H,6-8,10-12H2,1-5H3,(H,28,29)/t14?,15-,16?,17?,18?,20?,21-,22+,23+,24?,26?,27?/m1/s1/i1D. The molecule has 12 atom stereocenters. The third kappa shape index (κ3) is 2.78. The summed E-state index contributed by atoms with van der Waals surface area (Å²) >= 11 is 0. The molecule has 0 aromatic heterocycles. The molecule has 2 heterocycles. The largest absolute Gasteiger partial charge is 0.481 e. The molecule has 0 radical (unpaired) electrons. The van der Waals surface area contributed by atoms with E-state index in [0.29, 0.717) is 31.0 Å². The number of carboxylic acids is 1. The van der Waals surface area contributed by atoms with Crippen LogP contribution in [0.1, 0.15) is 61.6 Å². The molecule has 2 aliphatic heterocycles. The average Bonchev–Trinajstić information content (AvgIpc) is 3.39. The van der Waals surface area contributed by atoms with Crippen LogP contribution in [-0.4, -0.2) is 55.0 Å². The van der Waals surface area contributed by atoms with Gasteiger partial charge in [-0.05, 0) is 68.6 Å². The molecule has 0 spiro atoms. The van der Waals surface area contributed by atoms with E-state index < -0.39 is 23.1 Å². The molecule has 0 aromatic rings. The number of allylic oxidation sites excluding steroid dienone is 1. The summed E-state index contributed by atoms with van der Waals surface area (Å²) in [6, 6.07) is 0. The van der Waals surface area contributed by atoms with Crippen LogP contribution < -0.4 is 0 Å². The Morgan fingerprint density at radius 1 is 1.24 bits per heavy atom. The Hall–Kier alpha value is -0.950. The molecule has 6 rings (SSSR count). The fraction of sp³-hybridized carbons (Fsp3) is 0.889. The van der Waals surface area contributed by atoms with Gasteiger partial charge in [0.15, 0.2) is 6.29 Å². The van der Waals surface area contributed by atoms with E-state index in [9.17, 15) is 9.90 Å². The number of fused-ring (bicyclic) bond motifs is 3. The predicted octanol–water partition coefficient (Wildman–Crippen LogP) is 4.28. The third-order valence-corrected chi connectivity index (χ3v) is 10.5. The molecule has 8 unspecified atom stereocenters. The van der Waals surface area contributed by atoms with Gasteiger partial charge < -0.3 is 24.1 Å². The number of aliphatic carboxylic acids is 1. The van der Waals surface area contributed by atoms with E-state index in [1.807, 2.05) is 6.92 Å². The minimum absolute atomic E-state index is 0.0609. The zero-order chi connectivity index (χ0) is 24.0. The van der Waals surface area contributed by atoms with Gasteiger partial charge >= 0.3 is 5.97 Å². The van der Waals surface area contributed by atoms with Crippen LogP contribution in [0.15, 0.2) is 11.6 Å². The van der Waals surface area contributed by atoms with Crippen molar-refractivity contribution >= 4 is 5.97 Å². The van der Waals surface area contributed by atoms with Crippen molar-refractivity contribution in [1.82, 2.24) is 0 Å². The Bertz CT molecular complexity index is 873. The van der Waals surface area contributed by atoms with E-state index in [4.69, 9.17) is 20.3 Å². The maximum Gasteiger partial charge on any atom is 0.314 e. The highest BCUT2D eigenvalue weighted by Gasteiger charge is 2.78. The van der Waals surface area contributed by atoms with Gasteiger partial charge in [-0.25, -0.2) is 0 Å². The number of epoxide rings is 1. The van der Waals surface area contributed by atoms with Crippen molar-refractivity contribution in [2.24, 2.45) is 46.3 Å². The van der Waals surface area contributed by atoms with Crippen molar-refractivity contribution in [2.75, 3.05) is 13.2 Å². The molecule has 1 N–H and O–H groups in total. The lowest BCUT2D eigenvalue weighted by molar-refractivity contribution is -0.235. The van der Waals surface area contributed by atoms with E-state index in [2.05, 4.69) is 26.8 Å². The molecule has 6 nitrogen and oxygen atoms in total. The van der Waals surface area contributed by atoms with Crippen LogP contribution in [0.2, 0.25) is 0 Å². The number of hydrogen-bond acceptors (Lipinski definition) is 5. The van der Waals surface area contributed by atoms with Crippen LogP contribution in [0.4, 0.5) is 0 Å². The molecule has 5 fully saturated rings. The fourth-order valence-corrected chi connectivity index (χ4v) is 9.21. The normalized spacial score (nSPS) is 54.1. The zero-order valence-corrected chi connectivity index (χ0v) is 20.4. The highest BCUT2D eigenvalue weighted by Crippen LogP contribution is 2.78. The molecule has 6 heteroatoms. The smallest absolute Gasteiger partial charge is 0.314 e. The molecular formula is C27H40O6. The summed E-state index contributed by atoms with van der Waals surface area (Å²) < 4.78 is 31.8. The van der Waals surface area contributed by atoms with Crippen LogP contribution in [0.25, 0.3) is 0 Å². The van der Waals surface area contributed by atoms with Gasteiger partial charge in [-0.15, -0.1) is 0 Å². The SMILES string of the molecule is [2H]CCO[C@H]1[C@@H]2O[C@@H]2C(OCC23CC4C(C)CCC4C4CC2C=C(C(C)C)C43C(=O)O)O[C@@H]1C. The van der Waals surface area contributed by atoms with Gasteiger partial charge in [0.25, 0.3) is 0 Å². The summed E-state index contributed by atoms with van der Waals surface area (Å²) in [5, 5.41) is 10.9. The average molecular weight is 462 g/mol. The van der Waals surface area contributed by atoms with Gasteiger partial charge in [0.1, 0.15) is 23.7 Å². The molecule has 6 aliphatic rings. The van der Waals surface area contributed by atoms with Gasteiger partial charge in [0.2, 0.25) is 0 Å². The molecule has 0 aromatic carbocycles. The van der Waals surface area contributed by atoms with Gasteiger partial charge in [-0.3, -0.25) is 4.79 Å². The molecule has 2 saturated heterocycles. The molecule has 4 aliphatic carbocycles. The highest BCUT2D eigenvalue weighted by molar-refractivity contribution is 5.83. The quantitative estimate of drug-likeness (QED) is 0.451. The van der Waals surface area contributed by atoms with E-state index in [0.717, 1.165) is 18.4 Å². The molecule has 3 saturated carbocycles. The summed E-state index contributed by atoms with van der Waals surface area (Å²) in [4.78, 5) is 13.3. The minimum Gasteiger partial charge on any atom is -0.481 e. The summed E-state index contributed by atoms with van der Waals surface area (Å²) in [5.74, 6) is 1.80. The second-order valence-corrected chi connectivity index (χ2v) is 12.0. The number of carbonyl (C=O) groups is 1. The van der Waals surface area contributed by atoms with Crippen molar-refractivity contribution in [3.05, 3.63) is 11.6 Å². The van der Waals surface area contributed by atoms with Crippen LogP contribution in [0.3, 0.4) is 0 Å². The molecule has 4 bridgehead atoms. The maximum atomic E-state index is 13.3. The molecular weight excluding hydrogens is 420 g/mol. The Morgan fingerprint density at radius 2 is 2.06 bits per heavy atom. The number of ether oxygens (including phenoxy) is 4. The lowest BCUT2D eigenvalue weighted by Crippen LogP contribution is -2.58. The predicted molar refractivity (Wildman–Crippen MR) is 121 cm³/mol. The summed E-state index contributed by atoms with van der Waals surface area (Å²) in [6.45, 7) is 9.64.